The predicted octanol–water partition coefficient (Wildman–Crippen LogP) is 1.81. The molecule has 1 aromatic heterocycles. The maximum Gasteiger partial charge on any atom is 0.360 e. The number of carbonyl (C=O) groups excluding carboxylic acids is 1. The summed E-state index contributed by atoms with van der Waals surface area (Å²) < 4.78 is 6.61. The second-order valence-corrected chi connectivity index (χ2v) is 3.89. The van der Waals surface area contributed by atoms with Crippen LogP contribution < -0.4 is 0 Å². The third-order valence-electron chi connectivity index (χ3n) is 2.63. The molecule has 2 rings (SSSR count). The first-order chi connectivity index (χ1) is 8.72. The number of carbonyl (C=O) groups is 1. The van der Waals surface area contributed by atoms with Gasteiger partial charge in [-0.15, -0.1) is 5.10 Å². The molecule has 0 fully saturated rings. The van der Waals surface area contributed by atoms with Crippen LogP contribution in [0.4, 0.5) is 0 Å². The Balaban J connectivity index is 2.18. The molecule has 0 aliphatic heterocycles. The molecular weight excluding hydrogens is 230 g/mol. The van der Waals surface area contributed by atoms with Crippen molar-refractivity contribution in [1.82, 2.24) is 15.0 Å². The van der Waals surface area contributed by atoms with E-state index in [-0.39, 0.29) is 5.69 Å². The standard InChI is InChI=1S/C13H15N3O2/c1-3-18-13(17)12-10(2)16(15-14-12)9-11-7-5-4-6-8-11/h4-8H,3,9H2,1-2H3. The Kier molecular flexibility index (Phi) is 3.72. The summed E-state index contributed by atoms with van der Waals surface area (Å²) in [7, 11) is 0. The Morgan fingerprint density at radius 1 is 1.33 bits per heavy atom. The lowest BCUT2D eigenvalue weighted by atomic mass is 10.2. The minimum absolute atomic E-state index is 0.285. The van der Waals surface area contributed by atoms with Gasteiger partial charge in [-0.05, 0) is 19.4 Å². The SMILES string of the molecule is CCOC(=O)c1nnn(Cc2ccccc2)c1C. The van der Waals surface area contributed by atoms with Crippen molar-refractivity contribution in [2.45, 2.75) is 20.4 Å². The van der Waals surface area contributed by atoms with E-state index in [4.69, 9.17) is 4.74 Å². The summed E-state index contributed by atoms with van der Waals surface area (Å²) in [5, 5.41) is 7.85. The molecule has 0 saturated carbocycles. The quantitative estimate of drug-likeness (QED) is 0.771. The summed E-state index contributed by atoms with van der Waals surface area (Å²) >= 11 is 0. The van der Waals surface area contributed by atoms with E-state index in [0.29, 0.717) is 13.2 Å². The van der Waals surface area contributed by atoms with Crippen LogP contribution in [-0.2, 0) is 11.3 Å². The van der Waals surface area contributed by atoms with Gasteiger partial charge >= 0.3 is 5.97 Å². The van der Waals surface area contributed by atoms with Gasteiger partial charge in [0.05, 0.1) is 18.8 Å². The Bertz CT molecular complexity index is 534. The number of aromatic nitrogens is 3. The lowest BCUT2D eigenvalue weighted by Crippen LogP contribution is -2.08. The first-order valence-corrected chi connectivity index (χ1v) is 5.83. The lowest BCUT2D eigenvalue weighted by molar-refractivity contribution is 0.0518. The number of ether oxygens (including phenoxy) is 1. The average Bonchev–Trinajstić information content (AvgIpc) is 2.73. The van der Waals surface area contributed by atoms with Crippen LogP contribution in [0.1, 0.15) is 28.7 Å². The van der Waals surface area contributed by atoms with E-state index in [2.05, 4.69) is 10.3 Å². The molecule has 0 bridgehead atoms. The fourth-order valence-corrected chi connectivity index (χ4v) is 1.65. The number of hydrogen-bond donors (Lipinski definition) is 0. The van der Waals surface area contributed by atoms with Crippen LogP contribution in [0.15, 0.2) is 30.3 Å². The van der Waals surface area contributed by atoms with Crippen molar-refractivity contribution in [1.29, 1.82) is 0 Å². The predicted molar refractivity (Wildman–Crippen MR) is 66.3 cm³/mol. The summed E-state index contributed by atoms with van der Waals surface area (Å²) in [6.45, 7) is 4.51. The van der Waals surface area contributed by atoms with Gasteiger partial charge in [0.25, 0.3) is 0 Å². The zero-order valence-corrected chi connectivity index (χ0v) is 10.5. The summed E-state index contributed by atoms with van der Waals surface area (Å²) in [6, 6.07) is 9.90. The fraction of sp³-hybridized carbons (Fsp3) is 0.308. The Labute approximate surface area is 105 Å². The minimum atomic E-state index is -0.422. The Morgan fingerprint density at radius 2 is 2.06 bits per heavy atom. The van der Waals surface area contributed by atoms with E-state index in [0.717, 1.165) is 11.3 Å². The maximum absolute atomic E-state index is 11.6. The van der Waals surface area contributed by atoms with E-state index in [1.54, 1.807) is 11.6 Å². The van der Waals surface area contributed by atoms with Gasteiger partial charge in [0, 0.05) is 0 Å². The van der Waals surface area contributed by atoms with Gasteiger partial charge in [-0.2, -0.15) is 0 Å². The molecular formula is C13H15N3O2. The van der Waals surface area contributed by atoms with Gasteiger partial charge in [0.15, 0.2) is 5.69 Å². The highest BCUT2D eigenvalue weighted by molar-refractivity contribution is 5.88. The number of esters is 1. The fourth-order valence-electron chi connectivity index (χ4n) is 1.65. The molecule has 0 amide bonds. The number of nitrogens with zero attached hydrogens (tertiary/aromatic N) is 3. The molecule has 0 N–H and O–H groups in total. The molecule has 0 aliphatic carbocycles. The molecule has 0 saturated heterocycles. The molecule has 5 heteroatoms. The van der Waals surface area contributed by atoms with E-state index in [1.807, 2.05) is 37.3 Å². The molecule has 0 atom stereocenters. The van der Waals surface area contributed by atoms with Gasteiger partial charge in [0.1, 0.15) is 0 Å². The van der Waals surface area contributed by atoms with Crippen molar-refractivity contribution in [3.8, 4) is 0 Å². The van der Waals surface area contributed by atoms with Crippen molar-refractivity contribution < 1.29 is 9.53 Å². The maximum atomic E-state index is 11.6. The highest BCUT2D eigenvalue weighted by Gasteiger charge is 2.17. The van der Waals surface area contributed by atoms with Crippen LogP contribution in [0.3, 0.4) is 0 Å². The van der Waals surface area contributed by atoms with Crippen molar-refractivity contribution in [2.75, 3.05) is 6.61 Å². The molecule has 2 aromatic rings. The number of hydrogen-bond acceptors (Lipinski definition) is 4. The van der Waals surface area contributed by atoms with Crippen molar-refractivity contribution >= 4 is 5.97 Å². The monoisotopic (exact) mass is 245 g/mol. The smallest absolute Gasteiger partial charge is 0.360 e. The van der Waals surface area contributed by atoms with Crippen molar-refractivity contribution in [2.24, 2.45) is 0 Å². The highest BCUT2D eigenvalue weighted by atomic mass is 16.5. The van der Waals surface area contributed by atoms with Crippen molar-refractivity contribution in [3.05, 3.63) is 47.3 Å². The van der Waals surface area contributed by atoms with E-state index < -0.39 is 5.97 Å². The van der Waals surface area contributed by atoms with Crippen LogP contribution in [0.25, 0.3) is 0 Å². The third-order valence-corrected chi connectivity index (χ3v) is 2.63. The van der Waals surface area contributed by atoms with Gasteiger partial charge in [-0.25, -0.2) is 9.48 Å². The van der Waals surface area contributed by atoms with Gasteiger partial charge in [0.2, 0.25) is 0 Å². The van der Waals surface area contributed by atoms with Crippen LogP contribution in [0, 0.1) is 6.92 Å². The molecule has 0 aliphatic rings. The molecule has 5 nitrogen and oxygen atoms in total. The van der Waals surface area contributed by atoms with Gasteiger partial charge in [-0.3, -0.25) is 0 Å². The Morgan fingerprint density at radius 3 is 2.72 bits per heavy atom. The first kappa shape index (κ1) is 12.3. The molecule has 1 aromatic carbocycles. The van der Waals surface area contributed by atoms with E-state index in [1.165, 1.54) is 0 Å². The summed E-state index contributed by atoms with van der Waals surface area (Å²) in [5.41, 5.74) is 2.12. The lowest BCUT2D eigenvalue weighted by Gasteiger charge is -2.03. The van der Waals surface area contributed by atoms with Crippen LogP contribution in [0.5, 0.6) is 0 Å². The molecule has 1 heterocycles. The Hall–Kier alpha value is -2.17. The normalized spacial score (nSPS) is 10.3. The van der Waals surface area contributed by atoms with E-state index in [9.17, 15) is 4.79 Å². The summed E-state index contributed by atoms with van der Waals surface area (Å²) in [6.07, 6.45) is 0. The second kappa shape index (κ2) is 5.44. The zero-order chi connectivity index (χ0) is 13.0. The van der Waals surface area contributed by atoms with E-state index >= 15 is 0 Å². The van der Waals surface area contributed by atoms with Crippen LogP contribution in [-0.4, -0.2) is 27.6 Å². The second-order valence-electron chi connectivity index (χ2n) is 3.89. The van der Waals surface area contributed by atoms with Crippen LogP contribution in [0.2, 0.25) is 0 Å². The largest absolute Gasteiger partial charge is 0.461 e. The summed E-state index contributed by atoms with van der Waals surface area (Å²) in [5.74, 6) is -0.422. The minimum Gasteiger partial charge on any atom is -0.461 e. The summed E-state index contributed by atoms with van der Waals surface area (Å²) in [4.78, 5) is 11.6. The zero-order valence-electron chi connectivity index (χ0n) is 10.5. The number of rotatable bonds is 4. The third kappa shape index (κ3) is 2.56. The van der Waals surface area contributed by atoms with Gasteiger partial charge in [-0.1, -0.05) is 35.5 Å². The molecule has 0 unspecified atom stereocenters. The van der Waals surface area contributed by atoms with Crippen LogP contribution >= 0.6 is 0 Å². The van der Waals surface area contributed by atoms with Crippen molar-refractivity contribution in [3.63, 3.8) is 0 Å². The molecule has 94 valence electrons. The number of benzene rings is 1. The topological polar surface area (TPSA) is 57.0 Å². The molecule has 0 spiro atoms. The molecule has 18 heavy (non-hydrogen) atoms. The van der Waals surface area contributed by atoms with Gasteiger partial charge < -0.3 is 4.74 Å². The average molecular weight is 245 g/mol. The highest BCUT2D eigenvalue weighted by Crippen LogP contribution is 2.08. The molecule has 0 radical (unpaired) electrons. The first-order valence-electron chi connectivity index (χ1n) is 5.83.